The molecule has 0 heterocycles. The molecule has 0 fully saturated rings. The van der Waals surface area contributed by atoms with Crippen LogP contribution in [0.15, 0.2) is 42.5 Å². The molecule has 0 radical (unpaired) electrons. The van der Waals surface area contributed by atoms with E-state index < -0.39 is 4.92 Å². The number of aryl methyl sites for hydroxylation is 1. The Morgan fingerprint density at radius 1 is 1.32 bits per heavy atom. The molecule has 0 atom stereocenters. The van der Waals surface area contributed by atoms with E-state index in [9.17, 15) is 10.1 Å². The zero-order valence-electron chi connectivity index (χ0n) is 12.1. The summed E-state index contributed by atoms with van der Waals surface area (Å²) in [5.74, 6) is 0.790. The Hall–Kier alpha value is -3.07. The first-order chi connectivity index (χ1) is 10.6. The molecule has 0 saturated heterocycles. The van der Waals surface area contributed by atoms with E-state index in [0.29, 0.717) is 18.8 Å². The van der Waals surface area contributed by atoms with Crippen LogP contribution in [0.4, 0.5) is 11.4 Å². The number of rotatable bonds is 6. The van der Waals surface area contributed by atoms with E-state index in [4.69, 9.17) is 10.00 Å². The zero-order chi connectivity index (χ0) is 15.9. The highest BCUT2D eigenvalue weighted by molar-refractivity contribution is 5.64. The molecular formula is C16H15N3O3. The zero-order valence-corrected chi connectivity index (χ0v) is 12.1. The summed E-state index contributed by atoms with van der Waals surface area (Å²) in [5.41, 5.74) is 1.55. The maximum atomic E-state index is 11.0. The molecule has 0 aliphatic carbocycles. The Kier molecular flexibility index (Phi) is 4.94. The number of anilines is 1. The maximum absolute atomic E-state index is 11.0. The third-order valence-electron chi connectivity index (χ3n) is 3.09. The van der Waals surface area contributed by atoms with Gasteiger partial charge >= 0.3 is 0 Å². The van der Waals surface area contributed by atoms with Crippen molar-refractivity contribution in [2.45, 2.75) is 6.92 Å². The lowest BCUT2D eigenvalue weighted by Crippen LogP contribution is -2.13. The quantitative estimate of drug-likeness (QED) is 0.502. The predicted molar refractivity (Wildman–Crippen MR) is 83.0 cm³/mol. The highest BCUT2D eigenvalue weighted by Crippen LogP contribution is 2.25. The molecule has 0 aliphatic heterocycles. The first-order valence-electron chi connectivity index (χ1n) is 6.72. The Bertz CT molecular complexity index is 723. The van der Waals surface area contributed by atoms with Gasteiger partial charge in [-0.1, -0.05) is 18.2 Å². The smallest absolute Gasteiger partial charge is 0.293 e. The molecule has 0 aromatic heterocycles. The predicted octanol–water partition coefficient (Wildman–Crippen LogP) is 3.27. The number of benzene rings is 2. The van der Waals surface area contributed by atoms with Crippen LogP contribution in [-0.2, 0) is 0 Å². The SMILES string of the molecule is Cc1ccccc1OCCNc1ccc(C#N)cc1[N+](=O)[O-]. The van der Waals surface area contributed by atoms with Crippen LogP contribution in [0.3, 0.4) is 0 Å². The van der Waals surface area contributed by atoms with Crippen molar-refractivity contribution >= 4 is 11.4 Å². The highest BCUT2D eigenvalue weighted by Gasteiger charge is 2.14. The summed E-state index contributed by atoms with van der Waals surface area (Å²) < 4.78 is 5.62. The highest BCUT2D eigenvalue weighted by atomic mass is 16.6. The minimum Gasteiger partial charge on any atom is -0.491 e. The van der Waals surface area contributed by atoms with Crippen LogP contribution in [0.2, 0.25) is 0 Å². The molecule has 22 heavy (non-hydrogen) atoms. The number of para-hydroxylation sites is 1. The van der Waals surface area contributed by atoms with E-state index in [1.165, 1.54) is 18.2 Å². The van der Waals surface area contributed by atoms with Gasteiger partial charge < -0.3 is 10.1 Å². The molecule has 0 aliphatic rings. The number of nitrogens with zero attached hydrogens (tertiary/aromatic N) is 2. The van der Waals surface area contributed by atoms with Crippen LogP contribution in [0.5, 0.6) is 5.75 Å². The number of nitriles is 1. The Morgan fingerprint density at radius 3 is 2.77 bits per heavy atom. The third kappa shape index (κ3) is 3.73. The molecular weight excluding hydrogens is 282 g/mol. The third-order valence-corrected chi connectivity index (χ3v) is 3.09. The number of nitrogens with one attached hydrogen (secondary N) is 1. The van der Waals surface area contributed by atoms with Gasteiger partial charge in [-0.2, -0.15) is 5.26 Å². The van der Waals surface area contributed by atoms with Gasteiger partial charge in [0.2, 0.25) is 0 Å². The first kappa shape index (κ1) is 15.3. The fourth-order valence-electron chi connectivity index (χ4n) is 1.97. The second-order valence-corrected chi connectivity index (χ2v) is 4.64. The number of hydrogen-bond donors (Lipinski definition) is 1. The monoisotopic (exact) mass is 297 g/mol. The van der Waals surface area contributed by atoms with Gasteiger partial charge in [-0.05, 0) is 30.7 Å². The van der Waals surface area contributed by atoms with Crippen molar-refractivity contribution in [2.75, 3.05) is 18.5 Å². The summed E-state index contributed by atoms with van der Waals surface area (Å²) in [6.07, 6.45) is 0. The van der Waals surface area contributed by atoms with Gasteiger partial charge in [-0.25, -0.2) is 0 Å². The van der Waals surface area contributed by atoms with Crippen LogP contribution in [0, 0.1) is 28.4 Å². The molecule has 2 aromatic carbocycles. The lowest BCUT2D eigenvalue weighted by molar-refractivity contribution is -0.384. The van der Waals surface area contributed by atoms with E-state index in [0.717, 1.165) is 11.3 Å². The fourth-order valence-corrected chi connectivity index (χ4v) is 1.97. The molecule has 0 bridgehead atoms. The molecule has 2 rings (SSSR count). The molecule has 0 spiro atoms. The van der Waals surface area contributed by atoms with Crippen LogP contribution >= 0.6 is 0 Å². The van der Waals surface area contributed by atoms with Gasteiger partial charge in [-0.15, -0.1) is 0 Å². The standard InChI is InChI=1S/C16H15N3O3/c1-12-4-2-3-5-16(12)22-9-8-18-14-7-6-13(11-17)10-15(14)19(20)21/h2-7,10,18H,8-9H2,1H3. The van der Waals surface area contributed by atoms with Gasteiger partial charge in [0.1, 0.15) is 18.0 Å². The molecule has 6 nitrogen and oxygen atoms in total. The minimum atomic E-state index is -0.509. The lowest BCUT2D eigenvalue weighted by atomic mass is 10.2. The average Bonchev–Trinajstić information content (AvgIpc) is 2.53. The summed E-state index contributed by atoms with van der Waals surface area (Å²) in [5, 5.41) is 22.8. The summed E-state index contributed by atoms with van der Waals surface area (Å²) >= 11 is 0. The Balaban J connectivity index is 1.96. The van der Waals surface area contributed by atoms with E-state index in [2.05, 4.69) is 5.32 Å². The van der Waals surface area contributed by atoms with E-state index in [1.54, 1.807) is 0 Å². The molecule has 0 amide bonds. The molecule has 1 N–H and O–H groups in total. The van der Waals surface area contributed by atoms with Crippen molar-refractivity contribution in [3.8, 4) is 11.8 Å². The van der Waals surface area contributed by atoms with Gasteiger partial charge in [0.05, 0.1) is 16.6 Å². The average molecular weight is 297 g/mol. The first-order valence-corrected chi connectivity index (χ1v) is 6.72. The second-order valence-electron chi connectivity index (χ2n) is 4.64. The largest absolute Gasteiger partial charge is 0.491 e. The van der Waals surface area contributed by atoms with Crippen LogP contribution in [0.1, 0.15) is 11.1 Å². The van der Waals surface area contributed by atoms with E-state index in [-0.39, 0.29) is 11.3 Å². The summed E-state index contributed by atoms with van der Waals surface area (Å²) in [4.78, 5) is 10.5. The van der Waals surface area contributed by atoms with Crippen LogP contribution < -0.4 is 10.1 Å². The normalized spacial score (nSPS) is 9.82. The van der Waals surface area contributed by atoms with Crippen molar-refractivity contribution in [3.63, 3.8) is 0 Å². The van der Waals surface area contributed by atoms with Gasteiger partial charge in [0.25, 0.3) is 5.69 Å². The number of nitro benzene ring substituents is 1. The minimum absolute atomic E-state index is 0.116. The van der Waals surface area contributed by atoms with Crippen molar-refractivity contribution in [3.05, 3.63) is 63.7 Å². The van der Waals surface area contributed by atoms with Crippen molar-refractivity contribution in [1.82, 2.24) is 0 Å². The molecule has 2 aromatic rings. The van der Waals surface area contributed by atoms with Crippen LogP contribution in [0.25, 0.3) is 0 Å². The topological polar surface area (TPSA) is 88.2 Å². The summed E-state index contributed by atoms with van der Waals surface area (Å²) in [6.45, 7) is 2.75. The van der Waals surface area contributed by atoms with E-state index >= 15 is 0 Å². The second kappa shape index (κ2) is 7.09. The van der Waals surface area contributed by atoms with Gasteiger partial charge in [-0.3, -0.25) is 10.1 Å². The fraction of sp³-hybridized carbons (Fsp3) is 0.188. The molecule has 0 unspecified atom stereocenters. The van der Waals surface area contributed by atoms with E-state index in [1.807, 2.05) is 37.3 Å². The number of nitro groups is 1. The van der Waals surface area contributed by atoms with Crippen molar-refractivity contribution in [1.29, 1.82) is 5.26 Å². The summed E-state index contributed by atoms with van der Waals surface area (Å²) in [7, 11) is 0. The summed E-state index contributed by atoms with van der Waals surface area (Å²) in [6, 6.07) is 13.9. The number of hydrogen-bond acceptors (Lipinski definition) is 5. The molecule has 112 valence electrons. The lowest BCUT2D eigenvalue weighted by Gasteiger charge is -2.10. The molecule has 6 heteroatoms. The van der Waals surface area contributed by atoms with Crippen molar-refractivity contribution in [2.24, 2.45) is 0 Å². The van der Waals surface area contributed by atoms with Gasteiger partial charge in [0.15, 0.2) is 0 Å². The maximum Gasteiger partial charge on any atom is 0.293 e. The number of ether oxygens (including phenoxy) is 1. The molecule has 0 saturated carbocycles. The Labute approximate surface area is 128 Å². The van der Waals surface area contributed by atoms with Crippen molar-refractivity contribution < 1.29 is 9.66 Å². The van der Waals surface area contributed by atoms with Gasteiger partial charge in [0, 0.05) is 12.6 Å². The Morgan fingerprint density at radius 2 is 2.09 bits per heavy atom. The van der Waals surface area contributed by atoms with Crippen LogP contribution in [-0.4, -0.2) is 18.1 Å².